The third-order valence-electron chi connectivity index (χ3n) is 5.55. The van der Waals surface area contributed by atoms with Crippen LogP contribution < -0.4 is 14.9 Å². The van der Waals surface area contributed by atoms with Crippen LogP contribution in [-0.4, -0.2) is 33.7 Å². The van der Waals surface area contributed by atoms with Crippen molar-refractivity contribution in [3.63, 3.8) is 0 Å². The van der Waals surface area contributed by atoms with E-state index in [9.17, 15) is 13.2 Å². The van der Waals surface area contributed by atoms with Crippen molar-refractivity contribution in [2.24, 2.45) is 5.92 Å². The quantitative estimate of drug-likeness (QED) is 0.725. The van der Waals surface area contributed by atoms with Gasteiger partial charge in [-0.05, 0) is 74.1 Å². The molecule has 1 amide bonds. The van der Waals surface area contributed by atoms with Gasteiger partial charge in [0.05, 0.1) is 18.0 Å². The number of carbonyl (C=O) groups is 1. The molecule has 0 saturated carbocycles. The van der Waals surface area contributed by atoms with Crippen molar-refractivity contribution in [2.75, 3.05) is 29.0 Å². The Morgan fingerprint density at radius 3 is 2.47 bits per heavy atom. The molecule has 2 aromatic carbocycles. The highest BCUT2D eigenvalue weighted by atomic mass is 32.2. The number of aryl methyl sites for hydroxylation is 1. The molecule has 6 nitrogen and oxygen atoms in total. The predicted octanol–water partition coefficient (Wildman–Crippen LogP) is 4.09. The lowest BCUT2D eigenvalue weighted by molar-refractivity contribution is 0.0940. The lowest BCUT2D eigenvalue weighted by atomic mass is 9.99. The van der Waals surface area contributed by atoms with Crippen LogP contribution in [0.25, 0.3) is 0 Å². The summed E-state index contributed by atoms with van der Waals surface area (Å²) in [6, 6.07) is 13.2. The average molecular weight is 430 g/mol. The number of rotatable bonds is 6. The van der Waals surface area contributed by atoms with E-state index in [0.29, 0.717) is 16.8 Å². The maximum atomic E-state index is 12.7. The largest absolute Gasteiger partial charge is 0.371 e. The van der Waals surface area contributed by atoms with Gasteiger partial charge < -0.3 is 10.2 Å². The summed E-state index contributed by atoms with van der Waals surface area (Å²) < 4.78 is 25.3. The van der Waals surface area contributed by atoms with Crippen molar-refractivity contribution < 1.29 is 13.2 Å². The Morgan fingerprint density at radius 1 is 1.17 bits per heavy atom. The molecule has 7 heteroatoms. The summed E-state index contributed by atoms with van der Waals surface area (Å²) in [6.45, 7) is 8.22. The second-order valence-corrected chi connectivity index (χ2v) is 10.1. The second-order valence-electron chi connectivity index (χ2n) is 8.38. The summed E-state index contributed by atoms with van der Waals surface area (Å²) in [4.78, 5) is 15.1. The van der Waals surface area contributed by atoms with Crippen molar-refractivity contribution >= 4 is 27.3 Å². The molecule has 2 N–H and O–H groups in total. The first-order valence-electron chi connectivity index (χ1n) is 10.4. The molecule has 0 aromatic heterocycles. The molecule has 1 saturated heterocycles. The van der Waals surface area contributed by atoms with Crippen molar-refractivity contribution in [1.82, 2.24) is 5.32 Å². The van der Waals surface area contributed by atoms with E-state index in [2.05, 4.69) is 46.1 Å². The Morgan fingerprint density at radius 2 is 1.87 bits per heavy atom. The van der Waals surface area contributed by atoms with Crippen LogP contribution in [0, 0.1) is 12.8 Å². The number of nitrogens with zero attached hydrogens (tertiary/aromatic N) is 1. The smallest absolute Gasteiger partial charge is 0.251 e. The van der Waals surface area contributed by atoms with Crippen LogP contribution in [0.5, 0.6) is 0 Å². The summed E-state index contributed by atoms with van der Waals surface area (Å²) in [5.74, 6) is 0.532. The Labute approximate surface area is 179 Å². The molecule has 1 heterocycles. The normalized spacial score (nSPS) is 18.0. The number of amides is 1. The summed E-state index contributed by atoms with van der Waals surface area (Å²) in [5.41, 5.74) is 3.94. The maximum Gasteiger partial charge on any atom is 0.251 e. The molecular weight excluding hydrogens is 398 g/mol. The van der Waals surface area contributed by atoms with Gasteiger partial charge in [-0.2, -0.15) is 0 Å². The molecule has 1 fully saturated rings. The lowest BCUT2D eigenvalue weighted by Crippen LogP contribution is -2.34. The summed E-state index contributed by atoms with van der Waals surface area (Å²) >= 11 is 0. The third kappa shape index (κ3) is 5.75. The average Bonchev–Trinajstić information content (AvgIpc) is 2.68. The molecule has 3 rings (SSSR count). The van der Waals surface area contributed by atoms with Gasteiger partial charge in [-0.1, -0.05) is 19.1 Å². The summed E-state index contributed by atoms with van der Waals surface area (Å²) in [7, 11) is -3.36. The first kappa shape index (κ1) is 22.2. The molecule has 30 heavy (non-hydrogen) atoms. The first-order valence-corrected chi connectivity index (χ1v) is 12.3. The number of hydrogen-bond acceptors (Lipinski definition) is 4. The highest BCUT2D eigenvalue weighted by Gasteiger charge is 2.17. The van der Waals surface area contributed by atoms with Crippen molar-refractivity contribution in [3.05, 3.63) is 59.2 Å². The number of benzene rings is 2. The zero-order valence-electron chi connectivity index (χ0n) is 18.1. The fraction of sp³-hybridized carbons (Fsp3) is 0.435. The van der Waals surface area contributed by atoms with Gasteiger partial charge in [0, 0.05) is 24.3 Å². The Kier molecular flexibility index (Phi) is 6.71. The number of sulfonamides is 1. The zero-order valence-corrected chi connectivity index (χ0v) is 18.9. The highest BCUT2D eigenvalue weighted by molar-refractivity contribution is 7.92. The van der Waals surface area contributed by atoms with E-state index in [1.54, 1.807) is 25.1 Å². The number of piperidine rings is 1. The van der Waals surface area contributed by atoms with E-state index >= 15 is 0 Å². The van der Waals surface area contributed by atoms with Crippen LogP contribution in [0.4, 0.5) is 11.4 Å². The fourth-order valence-electron chi connectivity index (χ4n) is 3.88. The molecule has 0 bridgehead atoms. The minimum atomic E-state index is -3.36. The monoisotopic (exact) mass is 429 g/mol. The minimum absolute atomic E-state index is 0.138. The SMILES string of the molecule is Cc1cc(C(=O)N[C@@H](C)c2ccc(N3CCC[C@@H](C)C3)cc2)ccc1NS(C)(=O)=O. The standard InChI is InChI=1S/C23H31N3O3S/c1-16-6-5-13-26(15-16)21-10-7-19(8-11-21)18(3)24-23(27)20-9-12-22(17(2)14-20)25-30(4,28)29/h7-12,14,16,18,25H,5-6,13,15H2,1-4H3,(H,24,27)/t16-,18+/m1/s1. The van der Waals surface area contributed by atoms with E-state index in [-0.39, 0.29) is 11.9 Å². The number of carbonyl (C=O) groups excluding carboxylic acids is 1. The molecule has 0 radical (unpaired) electrons. The van der Waals surface area contributed by atoms with E-state index in [1.165, 1.54) is 18.5 Å². The maximum absolute atomic E-state index is 12.7. The first-order chi connectivity index (χ1) is 14.1. The van der Waals surface area contributed by atoms with Gasteiger partial charge in [-0.15, -0.1) is 0 Å². The molecule has 1 aliphatic heterocycles. The third-order valence-corrected chi connectivity index (χ3v) is 6.14. The molecule has 2 aromatic rings. The van der Waals surface area contributed by atoms with Crippen molar-refractivity contribution in [1.29, 1.82) is 0 Å². The fourth-order valence-corrected chi connectivity index (χ4v) is 4.51. The molecule has 0 unspecified atom stereocenters. The Balaban J connectivity index is 1.64. The molecule has 162 valence electrons. The molecule has 2 atom stereocenters. The number of hydrogen-bond donors (Lipinski definition) is 2. The predicted molar refractivity (Wildman–Crippen MR) is 123 cm³/mol. The Hall–Kier alpha value is -2.54. The van der Waals surface area contributed by atoms with Crippen LogP contribution in [0.3, 0.4) is 0 Å². The highest BCUT2D eigenvalue weighted by Crippen LogP contribution is 2.25. The molecule has 0 spiro atoms. The lowest BCUT2D eigenvalue weighted by Gasteiger charge is -2.33. The van der Waals surface area contributed by atoms with Crippen LogP contribution in [-0.2, 0) is 10.0 Å². The summed E-state index contributed by atoms with van der Waals surface area (Å²) in [6.07, 6.45) is 3.63. The topological polar surface area (TPSA) is 78.5 Å². The van der Waals surface area contributed by atoms with Crippen LogP contribution in [0.15, 0.2) is 42.5 Å². The van der Waals surface area contributed by atoms with Crippen LogP contribution in [0.2, 0.25) is 0 Å². The van der Waals surface area contributed by atoms with Crippen molar-refractivity contribution in [3.8, 4) is 0 Å². The number of anilines is 2. The van der Waals surface area contributed by atoms with Crippen LogP contribution >= 0.6 is 0 Å². The molecular formula is C23H31N3O3S. The van der Waals surface area contributed by atoms with Gasteiger partial charge >= 0.3 is 0 Å². The second kappa shape index (κ2) is 9.08. The van der Waals surface area contributed by atoms with E-state index in [1.807, 2.05) is 6.92 Å². The van der Waals surface area contributed by atoms with Gasteiger partial charge in [0.15, 0.2) is 0 Å². The minimum Gasteiger partial charge on any atom is -0.371 e. The molecule has 1 aliphatic rings. The van der Waals surface area contributed by atoms with Gasteiger partial charge in [0.25, 0.3) is 5.91 Å². The van der Waals surface area contributed by atoms with E-state index in [4.69, 9.17) is 0 Å². The zero-order chi connectivity index (χ0) is 21.9. The van der Waals surface area contributed by atoms with Gasteiger partial charge in [0.2, 0.25) is 10.0 Å². The Bertz CT molecular complexity index is 1000. The van der Waals surface area contributed by atoms with Gasteiger partial charge in [0.1, 0.15) is 0 Å². The summed E-state index contributed by atoms with van der Waals surface area (Å²) in [5, 5.41) is 3.02. The van der Waals surface area contributed by atoms with Crippen LogP contribution in [0.1, 0.15) is 54.2 Å². The van der Waals surface area contributed by atoms with Crippen molar-refractivity contribution in [2.45, 2.75) is 39.7 Å². The number of nitrogens with one attached hydrogen (secondary N) is 2. The van der Waals surface area contributed by atoms with E-state index < -0.39 is 10.0 Å². The molecule has 0 aliphatic carbocycles. The van der Waals surface area contributed by atoms with E-state index in [0.717, 1.165) is 30.8 Å². The van der Waals surface area contributed by atoms with Gasteiger partial charge in [-0.25, -0.2) is 8.42 Å². The van der Waals surface area contributed by atoms with Gasteiger partial charge in [-0.3, -0.25) is 9.52 Å².